The maximum Gasteiger partial charge on any atom is 0.317 e. The SMILES string of the molecule is Cc1cnc(-c2ccc(S(=O)(=O)N(c3ccccc3)c3nc4cc(Cl)ccc4o3)cc2)o1. The zero-order valence-electron chi connectivity index (χ0n) is 16.8. The number of hydrogen-bond donors (Lipinski definition) is 0. The lowest BCUT2D eigenvalue weighted by atomic mass is 10.2. The molecule has 5 rings (SSSR count). The Bertz CT molecular complexity index is 1510. The first-order valence-electron chi connectivity index (χ1n) is 9.61. The summed E-state index contributed by atoms with van der Waals surface area (Å²) in [5.41, 5.74) is 1.94. The lowest BCUT2D eigenvalue weighted by molar-refractivity contribution is 0.542. The number of sulfonamides is 1. The van der Waals surface area contributed by atoms with Gasteiger partial charge < -0.3 is 8.83 Å². The van der Waals surface area contributed by atoms with Gasteiger partial charge in [-0.05, 0) is 61.5 Å². The van der Waals surface area contributed by atoms with Crippen LogP contribution in [0.1, 0.15) is 5.76 Å². The Morgan fingerprint density at radius 2 is 1.69 bits per heavy atom. The lowest BCUT2D eigenvalue weighted by Crippen LogP contribution is -2.26. The van der Waals surface area contributed by atoms with Crippen molar-refractivity contribution in [3.8, 4) is 11.5 Å². The van der Waals surface area contributed by atoms with E-state index >= 15 is 0 Å². The Balaban J connectivity index is 1.61. The third kappa shape index (κ3) is 3.63. The molecule has 0 aliphatic rings. The van der Waals surface area contributed by atoms with Crippen molar-refractivity contribution in [2.45, 2.75) is 11.8 Å². The second kappa shape index (κ2) is 7.81. The van der Waals surface area contributed by atoms with Gasteiger partial charge in [-0.15, -0.1) is 0 Å². The summed E-state index contributed by atoms with van der Waals surface area (Å²) >= 11 is 6.05. The summed E-state index contributed by atoms with van der Waals surface area (Å²) in [6.07, 6.45) is 1.61. The number of rotatable bonds is 5. The van der Waals surface area contributed by atoms with Gasteiger partial charge >= 0.3 is 6.01 Å². The smallest absolute Gasteiger partial charge is 0.317 e. The molecule has 0 aliphatic heterocycles. The maximum atomic E-state index is 13.7. The highest BCUT2D eigenvalue weighted by atomic mass is 35.5. The first kappa shape index (κ1) is 20.3. The molecule has 0 saturated carbocycles. The molecule has 0 bridgehead atoms. The van der Waals surface area contributed by atoms with Crippen molar-refractivity contribution in [1.82, 2.24) is 9.97 Å². The Kier molecular flexibility index (Phi) is 4.96. The minimum Gasteiger partial charge on any atom is -0.441 e. The Morgan fingerprint density at radius 3 is 2.38 bits per heavy atom. The van der Waals surface area contributed by atoms with Gasteiger partial charge in [0.25, 0.3) is 10.0 Å². The van der Waals surface area contributed by atoms with Crippen molar-refractivity contribution in [2.24, 2.45) is 0 Å². The second-order valence-electron chi connectivity index (χ2n) is 7.01. The molecule has 2 aromatic heterocycles. The molecule has 3 aromatic carbocycles. The number of nitrogens with zero attached hydrogens (tertiary/aromatic N) is 3. The van der Waals surface area contributed by atoms with E-state index in [2.05, 4.69) is 9.97 Å². The van der Waals surface area contributed by atoms with Crippen molar-refractivity contribution >= 4 is 44.4 Å². The summed E-state index contributed by atoms with van der Waals surface area (Å²) < 4.78 is 39.8. The minimum atomic E-state index is -4.07. The first-order valence-corrected chi connectivity index (χ1v) is 11.4. The van der Waals surface area contributed by atoms with Gasteiger partial charge in [-0.3, -0.25) is 0 Å². The summed E-state index contributed by atoms with van der Waals surface area (Å²) in [4.78, 5) is 8.62. The van der Waals surface area contributed by atoms with E-state index in [0.717, 1.165) is 4.31 Å². The molecule has 0 N–H and O–H groups in total. The average molecular weight is 466 g/mol. The predicted octanol–water partition coefficient (Wildman–Crippen LogP) is 5.97. The number of aryl methyl sites for hydroxylation is 1. The van der Waals surface area contributed by atoms with Crippen LogP contribution < -0.4 is 4.31 Å². The van der Waals surface area contributed by atoms with Gasteiger partial charge in [-0.2, -0.15) is 9.29 Å². The fourth-order valence-corrected chi connectivity index (χ4v) is 4.79. The summed E-state index contributed by atoms with van der Waals surface area (Å²) in [6.45, 7) is 1.79. The third-order valence-corrected chi connectivity index (χ3v) is 6.71. The van der Waals surface area contributed by atoms with Crippen LogP contribution in [0.4, 0.5) is 11.7 Å². The number of anilines is 2. The molecule has 160 valence electrons. The van der Waals surface area contributed by atoms with Crippen LogP contribution in [0.15, 0.2) is 92.7 Å². The first-order chi connectivity index (χ1) is 15.4. The fraction of sp³-hybridized carbons (Fsp3) is 0.0435. The Hall–Kier alpha value is -3.62. The summed E-state index contributed by atoms with van der Waals surface area (Å²) in [7, 11) is -4.07. The van der Waals surface area contributed by atoms with E-state index in [0.29, 0.717) is 39.0 Å². The summed E-state index contributed by atoms with van der Waals surface area (Å²) in [5, 5.41) is 0.476. The van der Waals surface area contributed by atoms with Crippen LogP contribution in [0.25, 0.3) is 22.6 Å². The molecule has 0 aliphatic carbocycles. The highest BCUT2D eigenvalue weighted by Gasteiger charge is 2.31. The standard InChI is InChI=1S/C23H16ClN3O4S/c1-15-14-25-22(30-15)16-7-10-19(11-8-16)32(28,29)27(18-5-3-2-4-6-18)23-26-20-13-17(24)9-12-21(20)31-23/h2-14H,1H3. The van der Waals surface area contributed by atoms with Gasteiger partial charge in [0, 0.05) is 10.6 Å². The molecular weight excluding hydrogens is 450 g/mol. The van der Waals surface area contributed by atoms with E-state index in [1.165, 1.54) is 12.1 Å². The molecule has 2 heterocycles. The van der Waals surface area contributed by atoms with E-state index in [4.69, 9.17) is 20.4 Å². The van der Waals surface area contributed by atoms with Gasteiger partial charge in [-0.1, -0.05) is 29.8 Å². The molecule has 7 nitrogen and oxygen atoms in total. The van der Waals surface area contributed by atoms with Gasteiger partial charge in [0.05, 0.1) is 16.8 Å². The molecule has 0 radical (unpaired) electrons. The highest BCUT2D eigenvalue weighted by molar-refractivity contribution is 7.93. The largest absolute Gasteiger partial charge is 0.441 e. The second-order valence-corrected chi connectivity index (χ2v) is 9.24. The molecule has 0 amide bonds. The normalized spacial score (nSPS) is 11.7. The van der Waals surface area contributed by atoms with Crippen LogP contribution in [0, 0.1) is 6.92 Å². The Labute approximate surface area is 189 Å². The number of benzene rings is 3. The zero-order valence-corrected chi connectivity index (χ0v) is 18.3. The van der Waals surface area contributed by atoms with Gasteiger partial charge in [-0.25, -0.2) is 13.4 Å². The number of oxazole rings is 2. The molecule has 0 atom stereocenters. The quantitative estimate of drug-likeness (QED) is 0.317. The maximum absolute atomic E-state index is 13.7. The number of para-hydroxylation sites is 1. The van der Waals surface area contributed by atoms with Crippen molar-refractivity contribution < 1.29 is 17.3 Å². The molecule has 0 fully saturated rings. The summed E-state index contributed by atoms with van der Waals surface area (Å²) in [5.74, 6) is 1.09. The number of aromatic nitrogens is 2. The van der Waals surface area contributed by atoms with Gasteiger partial charge in [0.2, 0.25) is 5.89 Å². The molecule has 0 saturated heterocycles. The van der Waals surface area contributed by atoms with E-state index in [1.54, 1.807) is 73.8 Å². The van der Waals surface area contributed by atoms with E-state index in [9.17, 15) is 8.42 Å². The zero-order chi connectivity index (χ0) is 22.3. The monoisotopic (exact) mass is 465 g/mol. The van der Waals surface area contributed by atoms with Crippen LogP contribution in [-0.2, 0) is 10.0 Å². The minimum absolute atomic E-state index is 0.0636. The highest BCUT2D eigenvalue weighted by Crippen LogP contribution is 2.35. The van der Waals surface area contributed by atoms with Crippen molar-refractivity contribution in [2.75, 3.05) is 4.31 Å². The number of fused-ring (bicyclic) bond motifs is 1. The molecule has 32 heavy (non-hydrogen) atoms. The number of halogens is 1. The average Bonchev–Trinajstić information content (AvgIpc) is 3.40. The number of hydrogen-bond acceptors (Lipinski definition) is 6. The van der Waals surface area contributed by atoms with Crippen LogP contribution >= 0.6 is 11.6 Å². The van der Waals surface area contributed by atoms with Crippen LogP contribution in [-0.4, -0.2) is 18.4 Å². The van der Waals surface area contributed by atoms with Crippen LogP contribution in [0.3, 0.4) is 0 Å². The van der Waals surface area contributed by atoms with Gasteiger partial charge in [0.1, 0.15) is 11.3 Å². The van der Waals surface area contributed by atoms with Gasteiger partial charge in [0.15, 0.2) is 5.58 Å². The van der Waals surface area contributed by atoms with Crippen molar-refractivity contribution in [3.63, 3.8) is 0 Å². The topological polar surface area (TPSA) is 89.4 Å². The molecule has 5 aromatic rings. The molecule has 9 heteroatoms. The van der Waals surface area contributed by atoms with Crippen molar-refractivity contribution in [1.29, 1.82) is 0 Å². The lowest BCUT2D eigenvalue weighted by Gasteiger charge is -2.20. The van der Waals surface area contributed by atoms with Crippen molar-refractivity contribution in [3.05, 3.63) is 89.8 Å². The third-order valence-electron chi connectivity index (χ3n) is 4.76. The van der Waals surface area contributed by atoms with E-state index in [-0.39, 0.29) is 10.9 Å². The fourth-order valence-electron chi connectivity index (χ4n) is 3.25. The summed E-state index contributed by atoms with van der Waals surface area (Å²) in [6, 6.07) is 19.8. The Morgan fingerprint density at radius 1 is 0.938 bits per heavy atom. The predicted molar refractivity (Wildman–Crippen MR) is 121 cm³/mol. The van der Waals surface area contributed by atoms with E-state index < -0.39 is 10.0 Å². The molecular formula is C23H16ClN3O4S. The van der Waals surface area contributed by atoms with E-state index in [1.807, 2.05) is 0 Å². The molecule has 0 spiro atoms. The molecule has 0 unspecified atom stereocenters. The van der Waals surface area contributed by atoms with Crippen LogP contribution in [0.5, 0.6) is 0 Å². The van der Waals surface area contributed by atoms with Crippen LogP contribution in [0.2, 0.25) is 5.02 Å².